The fourth-order valence-corrected chi connectivity index (χ4v) is 5.37. The van der Waals surface area contributed by atoms with Crippen molar-refractivity contribution in [1.82, 2.24) is 4.57 Å². The van der Waals surface area contributed by atoms with E-state index in [4.69, 9.17) is 16.3 Å². The molecule has 2 heterocycles. The number of hydrogen-bond donors (Lipinski definition) is 1. The summed E-state index contributed by atoms with van der Waals surface area (Å²) >= 11 is 9.76. The van der Waals surface area contributed by atoms with Crippen LogP contribution in [0.1, 0.15) is 31.0 Å². The van der Waals surface area contributed by atoms with Crippen molar-refractivity contribution < 1.29 is 14.6 Å². The summed E-state index contributed by atoms with van der Waals surface area (Å²) in [5.41, 5.74) is 1.89. The molecule has 2 aromatic carbocycles. The van der Waals surface area contributed by atoms with Crippen LogP contribution in [0.4, 0.5) is 0 Å². The Labute approximate surface area is 206 Å². The lowest BCUT2D eigenvalue weighted by Crippen LogP contribution is -2.40. The maximum absolute atomic E-state index is 13.5. The van der Waals surface area contributed by atoms with Crippen LogP contribution in [0.3, 0.4) is 0 Å². The predicted octanol–water partition coefficient (Wildman–Crippen LogP) is 3.76. The topological polar surface area (TPSA) is 80.9 Å². The van der Waals surface area contributed by atoms with Gasteiger partial charge in [-0.25, -0.2) is 9.79 Å². The molecule has 0 amide bonds. The summed E-state index contributed by atoms with van der Waals surface area (Å²) in [6, 6.07) is 11.5. The number of aromatic nitrogens is 1. The van der Waals surface area contributed by atoms with Crippen molar-refractivity contribution in [2.45, 2.75) is 19.9 Å². The van der Waals surface area contributed by atoms with Gasteiger partial charge < -0.3 is 9.84 Å². The Hall–Kier alpha value is -2.43. The minimum Gasteiger partial charge on any atom is -0.507 e. The summed E-state index contributed by atoms with van der Waals surface area (Å²) < 4.78 is 7.92. The number of benzene rings is 2. The summed E-state index contributed by atoms with van der Waals surface area (Å²) in [6.45, 7) is 3.66. The quantitative estimate of drug-likeness (QED) is 0.377. The highest BCUT2D eigenvalue weighted by Gasteiger charge is 2.34. The van der Waals surface area contributed by atoms with Gasteiger partial charge in [-0.2, -0.15) is 0 Å². The Morgan fingerprint density at radius 3 is 2.78 bits per heavy atom. The highest BCUT2D eigenvalue weighted by atomic mass is 127. The second kappa shape index (κ2) is 9.21. The smallest absolute Gasteiger partial charge is 0.338 e. The van der Waals surface area contributed by atoms with Gasteiger partial charge in [-0.1, -0.05) is 47.2 Å². The van der Waals surface area contributed by atoms with Crippen LogP contribution in [0, 0.1) is 3.57 Å². The fraction of sp³-hybridized carbons (Fsp3) is 0.174. The third-order valence-electron chi connectivity index (χ3n) is 4.99. The van der Waals surface area contributed by atoms with Crippen LogP contribution in [0.5, 0.6) is 5.75 Å². The minimum absolute atomic E-state index is 0.178. The molecule has 1 atom stereocenters. The largest absolute Gasteiger partial charge is 0.507 e. The standard InChI is InChI=1S/C23H18ClIN2O4S/c1-3-31-22(30)19-12(2)26-23-27(20(19)14-6-4-5-7-15(14)24)21(29)18(32-23)11-13-8-9-17(28)16(25)10-13/h4-11,20,28H,3H2,1-2H3. The average Bonchev–Trinajstić information content (AvgIpc) is 3.05. The summed E-state index contributed by atoms with van der Waals surface area (Å²) in [4.78, 5) is 31.4. The van der Waals surface area contributed by atoms with Crippen molar-refractivity contribution in [3.8, 4) is 5.75 Å². The van der Waals surface area contributed by atoms with Crippen LogP contribution in [0.25, 0.3) is 6.08 Å². The number of carbonyl (C=O) groups is 1. The molecule has 32 heavy (non-hydrogen) atoms. The number of allylic oxidation sites excluding steroid dienone is 1. The Morgan fingerprint density at radius 1 is 1.34 bits per heavy atom. The Balaban J connectivity index is 1.98. The van der Waals surface area contributed by atoms with E-state index >= 15 is 0 Å². The SMILES string of the molecule is CCOC(=O)C1=C(C)N=c2sc(=Cc3ccc(O)c(I)c3)c(=O)n2C1c1ccccc1Cl. The summed E-state index contributed by atoms with van der Waals surface area (Å²) in [5, 5.41) is 10.2. The van der Waals surface area contributed by atoms with E-state index in [0.29, 0.717) is 29.2 Å². The molecule has 0 saturated carbocycles. The minimum atomic E-state index is -0.749. The van der Waals surface area contributed by atoms with Gasteiger partial charge in [-0.15, -0.1) is 0 Å². The lowest BCUT2D eigenvalue weighted by Gasteiger charge is -2.25. The molecule has 4 rings (SSSR count). The highest BCUT2D eigenvalue weighted by Crippen LogP contribution is 2.34. The van der Waals surface area contributed by atoms with Crippen molar-refractivity contribution in [1.29, 1.82) is 0 Å². The zero-order valence-electron chi connectivity index (χ0n) is 17.1. The second-order valence-corrected chi connectivity index (χ2v) is 9.61. The van der Waals surface area contributed by atoms with E-state index in [0.717, 1.165) is 5.56 Å². The number of nitrogens with zero attached hydrogens (tertiary/aromatic N) is 2. The fourth-order valence-electron chi connectivity index (χ4n) is 3.55. The monoisotopic (exact) mass is 580 g/mol. The molecule has 1 N–H and O–H groups in total. The van der Waals surface area contributed by atoms with Crippen molar-refractivity contribution in [3.05, 3.63) is 93.1 Å². The first-order valence-electron chi connectivity index (χ1n) is 9.74. The first kappa shape index (κ1) is 22.8. The van der Waals surface area contributed by atoms with Crippen LogP contribution in [0.2, 0.25) is 5.02 Å². The van der Waals surface area contributed by atoms with Gasteiger partial charge in [-0.05, 0) is 71.8 Å². The lowest BCUT2D eigenvalue weighted by molar-refractivity contribution is -0.139. The number of halogens is 2. The first-order valence-corrected chi connectivity index (χ1v) is 12.0. The Bertz CT molecular complexity index is 1440. The van der Waals surface area contributed by atoms with Gasteiger partial charge in [0.15, 0.2) is 4.80 Å². The van der Waals surface area contributed by atoms with E-state index in [-0.39, 0.29) is 23.5 Å². The molecule has 1 aliphatic heterocycles. The van der Waals surface area contributed by atoms with Gasteiger partial charge >= 0.3 is 5.97 Å². The van der Waals surface area contributed by atoms with Crippen molar-refractivity contribution in [3.63, 3.8) is 0 Å². The van der Waals surface area contributed by atoms with Gasteiger partial charge in [0, 0.05) is 5.02 Å². The molecule has 0 spiro atoms. The molecule has 0 bridgehead atoms. The number of fused-ring (bicyclic) bond motifs is 1. The van der Waals surface area contributed by atoms with E-state index in [1.54, 1.807) is 56.3 Å². The zero-order chi connectivity index (χ0) is 23.0. The summed E-state index contributed by atoms with van der Waals surface area (Å²) in [7, 11) is 0. The normalized spacial score (nSPS) is 16.0. The molecular weight excluding hydrogens is 563 g/mol. The van der Waals surface area contributed by atoms with Crippen LogP contribution in [-0.2, 0) is 9.53 Å². The van der Waals surface area contributed by atoms with Crippen LogP contribution < -0.4 is 14.9 Å². The molecule has 1 aromatic heterocycles. The summed E-state index contributed by atoms with van der Waals surface area (Å²) in [6.07, 6.45) is 1.75. The van der Waals surface area contributed by atoms with Crippen LogP contribution in [-0.4, -0.2) is 22.2 Å². The van der Waals surface area contributed by atoms with E-state index in [1.807, 2.05) is 28.7 Å². The van der Waals surface area contributed by atoms with E-state index < -0.39 is 12.0 Å². The van der Waals surface area contributed by atoms with Crippen LogP contribution in [0.15, 0.2) is 63.5 Å². The molecule has 0 radical (unpaired) electrons. The molecule has 9 heteroatoms. The third-order valence-corrected chi connectivity index (χ3v) is 7.18. The van der Waals surface area contributed by atoms with Crippen LogP contribution >= 0.6 is 45.5 Å². The van der Waals surface area contributed by atoms with Gasteiger partial charge in [-0.3, -0.25) is 9.36 Å². The maximum atomic E-state index is 13.5. The average molecular weight is 581 g/mol. The number of phenolic OH excluding ortho intramolecular Hbond substituents is 1. The molecule has 1 unspecified atom stereocenters. The molecule has 0 saturated heterocycles. The molecule has 1 aliphatic rings. The van der Waals surface area contributed by atoms with Crippen molar-refractivity contribution in [2.24, 2.45) is 4.99 Å². The Kier molecular flexibility index (Phi) is 6.55. The molecule has 0 fully saturated rings. The second-order valence-electron chi connectivity index (χ2n) is 7.03. The zero-order valence-corrected chi connectivity index (χ0v) is 20.9. The van der Waals surface area contributed by atoms with Crippen molar-refractivity contribution >= 4 is 57.6 Å². The van der Waals surface area contributed by atoms with Gasteiger partial charge in [0.2, 0.25) is 0 Å². The molecule has 6 nitrogen and oxygen atoms in total. The van der Waals surface area contributed by atoms with E-state index in [9.17, 15) is 14.7 Å². The number of hydrogen-bond acceptors (Lipinski definition) is 6. The maximum Gasteiger partial charge on any atom is 0.338 e. The van der Waals surface area contributed by atoms with E-state index in [2.05, 4.69) is 4.99 Å². The van der Waals surface area contributed by atoms with Gasteiger partial charge in [0.05, 0.1) is 26.0 Å². The van der Waals surface area contributed by atoms with E-state index in [1.165, 1.54) is 15.9 Å². The van der Waals surface area contributed by atoms with Gasteiger partial charge in [0.25, 0.3) is 5.56 Å². The number of thiazole rings is 1. The molecule has 3 aromatic rings. The number of aromatic hydroxyl groups is 1. The number of phenols is 1. The first-order chi connectivity index (χ1) is 15.3. The van der Waals surface area contributed by atoms with Crippen molar-refractivity contribution in [2.75, 3.05) is 6.61 Å². The number of rotatable bonds is 4. The number of ether oxygens (including phenoxy) is 1. The number of esters is 1. The third kappa shape index (κ3) is 4.14. The molecule has 0 aliphatic carbocycles. The Morgan fingerprint density at radius 2 is 2.09 bits per heavy atom. The molecule has 164 valence electrons. The molecular formula is C23H18ClIN2O4S. The van der Waals surface area contributed by atoms with Gasteiger partial charge in [0.1, 0.15) is 11.8 Å². The number of carbonyl (C=O) groups excluding carboxylic acids is 1. The summed E-state index contributed by atoms with van der Waals surface area (Å²) in [5.74, 6) is -0.348. The predicted molar refractivity (Wildman–Crippen MR) is 133 cm³/mol. The highest BCUT2D eigenvalue weighted by molar-refractivity contribution is 14.1. The lowest BCUT2D eigenvalue weighted by atomic mass is 9.96.